The number of benzene rings is 1. The lowest BCUT2D eigenvalue weighted by Gasteiger charge is -2.34. The molecular weight excluding hydrogens is 332 g/mol. The zero-order valence-corrected chi connectivity index (χ0v) is 14.6. The summed E-state index contributed by atoms with van der Waals surface area (Å²) in [5, 5.41) is 2.81. The van der Waals surface area contributed by atoms with Gasteiger partial charge in [-0.2, -0.15) is 0 Å². The van der Waals surface area contributed by atoms with Crippen molar-refractivity contribution in [2.45, 2.75) is 12.8 Å². The van der Waals surface area contributed by atoms with Crippen LogP contribution < -0.4 is 5.32 Å². The summed E-state index contributed by atoms with van der Waals surface area (Å²) in [4.78, 5) is 41.7. The van der Waals surface area contributed by atoms with Gasteiger partial charge in [0.1, 0.15) is 0 Å². The predicted octanol–water partition coefficient (Wildman–Crippen LogP) is 0.966. The number of piperazine rings is 1. The Labute approximate surface area is 152 Å². The average molecular weight is 354 g/mol. The molecule has 0 unspecified atom stereocenters. The molecule has 0 saturated carbocycles. The van der Waals surface area contributed by atoms with Crippen LogP contribution in [0.5, 0.6) is 0 Å². The molecule has 0 radical (unpaired) electrons. The van der Waals surface area contributed by atoms with E-state index in [4.69, 9.17) is 6.42 Å². The summed E-state index contributed by atoms with van der Waals surface area (Å²) in [6, 6.07) is 6.83. The summed E-state index contributed by atoms with van der Waals surface area (Å²) >= 11 is 0. The Hall–Kier alpha value is -3.01. The van der Waals surface area contributed by atoms with Crippen LogP contribution in [0.15, 0.2) is 24.3 Å². The van der Waals surface area contributed by atoms with Crippen LogP contribution in [0.3, 0.4) is 0 Å². The van der Waals surface area contributed by atoms with E-state index in [9.17, 15) is 14.4 Å². The summed E-state index contributed by atoms with van der Waals surface area (Å²) in [5.74, 6) is 1.64. The SMILES string of the molecule is C#Cc1cccc(NC(=O)N2CCN(C(=O)C(=O)N3CCCC3)CC2)c1. The first-order valence-corrected chi connectivity index (χ1v) is 8.79. The molecular formula is C19H22N4O3. The van der Waals surface area contributed by atoms with Gasteiger partial charge in [0.2, 0.25) is 0 Å². The van der Waals surface area contributed by atoms with Gasteiger partial charge < -0.3 is 20.0 Å². The lowest BCUT2D eigenvalue weighted by atomic mass is 10.2. The van der Waals surface area contributed by atoms with Gasteiger partial charge in [-0.25, -0.2) is 4.79 Å². The molecule has 2 aliphatic heterocycles. The minimum Gasteiger partial charge on any atom is -0.334 e. The van der Waals surface area contributed by atoms with Gasteiger partial charge in [-0.15, -0.1) is 6.42 Å². The Kier molecular flexibility index (Phi) is 5.42. The second-order valence-corrected chi connectivity index (χ2v) is 6.43. The number of rotatable bonds is 1. The Morgan fingerprint density at radius 1 is 0.885 bits per heavy atom. The number of amides is 4. The molecule has 0 spiro atoms. The van der Waals surface area contributed by atoms with Gasteiger partial charge in [0.05, 0.1) is 0 Å². The number of likely N-dealkylation sites (tertiary alicyclic amines) is 1. The Balaban J connectivity index is 1.51. The summed E-state index contributed by atoms with van der Waals surface area (Å²) in [6.07, 6.45) is 7.27. The molecule has 1 aromatic rings. The van der Waals surface area contributed by atoms with E-state index in [0.717, 1.165) is 12.8 Å². The third-order valence-corrected chi connectivity index (χ3v) is 4.71. The molecule has 136 valence electrons. The molecule has 1 N–H and O–H groups in total. The first kappa shape index (κ1) is 17.8. The monoisotopic (exact) mass is 354 g/mol. The molecule has 26 heavy (non-hydrogen) atoms. The van der Waals surface area contributed by atoms with Gasteiger partial charge in [-0.05, 0) is 31.0 Å². The molecule has 2 aliphatic rings. The molecule has 0 bridgehead atoms. The Morgan fingerprint density at radius 2 is 1.46 bits per heavy atom. The molecule has 7 heteroatoms. The van der Waals surface area contributed by atoms with E-state index in [-0.39, 0.29) is 6.03 Å². The molecule has 7 nitrogen and oxygen atoms in total. The van der Waals surface area contributed by atoms with Crippen molar-refractivity contribution < 1.29 is 14.4 Å². The van der Waals surface area contributed by atoms with Crippen molar-refractivity contribution in [2.24, 2.45) is 0 Å². The molecule has 4 amide bonds. The number of anilines is 1. The van der Waals surface area contributed by atoms with E-state index in [1.54, 1.807) is 34.1 Å². The van der Waals surface area contributed by atoms with Crippen LogP contribution >= 0.6 is 0 Å². The smallest absolute Gasteiger partial charge is 0.321 e. The van der Waals surface area contributed by atoms with E-state index in [2.05, 4.69) is 11.2 Å². The summed E-state index contributed by atoms with van der Waals surface area (Å²) in [7, 11) is 0. The quantitative estimate of drug-likeness (QED) is 0.603. The van der Waals surface area contributed by atoms with Gasteiger partial charge in [-0.1, -0.05) is 12.0 Å². The van der Waals surface area contributed by atoms with Crippen molar-refractivity contribution in [1.82, 2.24) is 14.7 Å². The lowest BCUT2D eigenvalue weighted by molar-refractivity contribution is -0.152. The number of hydrogen-bond donors (Lipinski definition) is 1. The molecule has 2 heterocycles. The van der Waals surface area contributed by atoms with E-state index in [1.807, 2.05) is 0 Å². The lowest BCUT2D eigenvalue weighted by Crippen LogP contribution is -2.54. The second kappa shape index (κ2) is 7.91. The maximum Gasteiger partial charge on any atom is 0.321 e. The van der Waals surface area contributed by atoms with Crippen LogP contribution in [0, 0.1) is 12.3 Å². The standard InChI is InChI=1S/C19H22N4O3/c1-2-15-6-5-7-16(14-15)20-19(26)23-12-10-22(11-13-23)18(25)17(24)21-8-3-4-9-21/h1,5-7,14H,3-4,8-13H2,(H,20,26). The van der Waals surface area contributed by atoms with Crippen molar-refractivity contribution >= 4 is 23.5 Å². The number of carbonyl (C=O) groups excluding carboxylic acids is 3. The number of nitrogens with one attached hydrogen (secondary N) is 1. The fraction of sp³-hybridized carbons (Fsp3) is 0.421. The minimum atomic E-state index is -0.464. The molecule has 0 atom stereocenters. The van der Waals surface area contributed by atoms with Crippen LogP contribution in [0.4, 0.5) is 10.5 Å². The fourth-order valence-corrected chi connectivity index (χ4v) is 3.19. The van der Waals surface area contributed by atoms with Gasteiger partial charge in [0.25, 0.3) is 0 Å². The number of hydrogen-bond acceptors (Lipinski definition) is 3. The fourth-order valence-electron chi connectivity index (χ4n) is 3.19. The topological polar surface area (TPSA) is 73.0 Å². The van der Waals surface area contributed by atoms with Crippen LogP contribution in [0.25, 0.3) is 0 Å². The largest absolute Gasteiger partial charge is 0.334 e. The van der Waals surface area contributed by atoms with Crippen LogP contribution in [-0.4, -0.2) is 71.8 Å². The van der Waals surface area contributed by atoms with Crippen molar-refractivity contribution in [2.75, 3.05) is 44.6 Å². The van der Waals surface area contributed by atoms with Crippen molar-refractivity contribution in [3.05, 3.63) is 29.8 Å². The number of carbonyl (C=O) groups is 3. The molecule has 0 aliphatic carbocycles. The molecule has 3 rings (SSSR count). The normalized spacial score (nSPS) is 17.0. The van der Waals surface area contributed by atoms with Crippen LogP contribution in [-0.2, 0) is 9.59 Å². The molecule has 1 aromatic carbocycles. The molecule has 0 aromatic heterocycles. The third kappa shape index (κ3) is 3.97. The first-order chi connectivity index (χ1) is 12.6. The van der Waals surface area contributed by atoms with Gasteiger partial charge in [-0.3, -0.25) is 9.59 Å². The average Bonchev–Trinajstić information content (AvgIpc) is 3.22. The highest BCUT2D eigenvalue weighted by molar-refractivity contribution is 6.35. The van der Waals surface area contributed by atoms with Gasteiger partial charge in [0, 0.05) is 50.5 Å². The first-order valence-electron chi connectivity index (χ1n) is 8.79. The Bertz CT molecular complexity index is 741. The van der Waals surface area contributed by atoms with E-state index in [1.165, 1.54) is 4.90 Å². The molecule has 2 fully saturated rings. The number of urea groups is 1. The number of nitrogens with zero attached hydrogens (tertiary/aromatic N) is 3. The predicted molar refractivity (Wildman–Crippen MR) is 97.4 cm³/mol. The maximum absolute atomic E-state index is 12.4. The van der Waals surface area contributed by atoms with Crippen LogP contribution in [0.2, 0.25) is 0 Å². The minimum absolute atomic E-state index is 0.239. The highest BCUT2D eigenvalue weighted by Crippen LogP contribution is 2.13. The Morgan fingerprint density at radius 3 is 2.08 bits per heavy atom. The van der Waals surface area contributed by atoms with E-state index in [0.29, 0.717) is 50.5 Å². The summed E-state index contributed by atoms with van der Waals surface area (Å²) in [5.41, 5.74) is 1.33. The second-order valence-electron chi connectivity index (χ2n) is 6.43. The zero-order chi connectivity index (χ0) is 18.5. The zero-order valence-electron chi connectivity index (χ0n) is 14.6. The van der Waals surface area contributed by atoms with Gasteiger partial charge >= 0.3 is 17.8 Å². The van der Waals surface area contributed by atoms with Crippen molar-refractivity contribution in [3.8, 4) is 12.3 Å². The van der Waals surface area contributed by atoms with Crippen molar-refractivity contribution in [1.29, 1.82) is 0 Å². The van der Waals surface area contributed by atoms with Crippen molar-refractivity contribution in [3.63, 3.8) is 0 Å². The van der Waals surface area contributed by atoms with E-state index >= 15 is 0 Å². The maximum atomic E-state index is 12.4. The van der Waals surface area contributed by atoms with E-state index < -0.39 is 11.8 Å². The summed E-state index contributed by atoms with van der Waals surface area (Å²) < 4.78 is 0. The highest BCUT2D eigenvalue weighted by Gasteiger charge is 2.31. The number of terminal acetylenes is 1. The molecule has 2 saturated heterocycles. The van der Waals surface area contributed by atoms with Crippen LogP contribution in [0.1, 0.15) is 18.4 Å². The highest BCUT2D eigenvalue weighted by atomic mass is 16.2. The van der Waals surface area contributed by atoms with Gasteiger partial charge in [0.15, 0.2) is 0 Å². The third-order valence-electron chi connectivity index (χ3n) is 4.71. The summed E-state index contributed by atoms with van der Waals surface area (Å²) in [6.45, 7) is 2.80.